The van der Waals surface area contributed by atoms with E-state index in [-0.39, 0.29) is 0 Å². The molecule has 0 saturated carbocycles. The van der Waals surface area contributed by atoms with Crippen LogP contribution in [0, 0.1) is 5.51 Å². The van der Waals surface area contributed by atoms with Crippen molar-refractivity contribution in [3.05, 3.63) is 23.5 Å². The van der Waals surface area contributed by atoms with Crippen molar-refractivity contribution in [2.75, 3.05) is 37.6 Å². The first kappa shape index (κ1) is 9.68. The number of piperazine rings is 1. The Morgan fingerprint density at radius 3 is 2.86 bits per heavy atom. The Morgan fingerprint density at radius 1 is 1.50 bits per heavy atom. The molecule has 0 amide bonds. The Labute approximate surface area is 88.7 Å². The Hall–Kier alpha value is -0.870. The van der Waals surface area contributed by atoms with Crippen LogP contribution in [0.2, 0.25) is 0 Å². The van der Waals surface area contributed by atoms with Crippen LogP contribution in [0.25, 0.3) is 0 Å². The third kappa shape index (κ3) is 2.13. The average molecular weight is 208 g/mol. The third-order valence-electron chi connectivity index (χ3n) is 2.46. The lowest BCUT2D eigenvalue weighted by molar-refractivity contribution is 0.283. The molecule has 0 bridgehead atoms. The zero-order valence-corrected chi connectivity index (χ0v) is 8.96. The second-order valence-corrected chi connectivity index (χ2v) is 4.03. The van der Waals surface area contributed by atoms with E-state index in [1.807, 2.05) is 6.08 Å². The first-order chi connectivity index (χ1) is 6.90. The third-order valence-corrected chi connectivity index (χ3v) is 2.99. The highest BCUT2D eigenvalue weighted by Crippen LogP contribution is 2.15. The Bertz CT molecular complexity index is 276. The van der Waals surface area contributed by atoms with Gasteiger partial charge in [-0.2, -0.15) is 0 Å². The number of aromatic nitrogens is 1. The van der Waals surface area contributed by atoms with Gasteiger partial charge in [0.15, 0.2) is 5.51 Å². The number of thiazole rings is 1. The molecule has 0 N–H and O–H groups in total. The molecule has 1 fully saturated rings. The zero-order valence-electron chi connectivity index (χ0n) is 8.15. The Balaban J connectivity index is 1.87. The van der Waals surface area contributed by atoms with Crippen molar-refractivity contribution in [1.29, 1.82) is 0 Å². The summed E-state index contributed by atoms with van der Waals surface area (Å²) >= 11 is 1.54. The summed E-state index contributed by atoms with van der Waals surface area (Å²) in [5.41, 5.74) is 2.88. The van der Waals surface area contributed by atoms with Crippen molar-refractivity contribution in [1.82, 2.24) is 9.88 Å². The minimum Gasteiger partial charge on any atom is -0.353 e. The summed E-state index contributed by atoms with van der Waals surface area (Å²) in [5.74, 6) is 1.08. The van der Waals surface area contributed by atoms with Gasteiger partial charge < -0.3 is 4.90 Å². The topological polar surface area (TPSA) is 19.4 Å². The maximum absolute atomic E-state index is 4.19. The zero-order chi connectivity index (χ0) is 9.80. The van der Waals surface area contributed by atoms with Gasteiger partial charge in [-0.25, -0.2) is 4.98 Å². The van der Waals surface area contributed by atoms with Crippen LogP contribution in [0.5, 0.6) is 0 Å². The van der Waals surface area contributed by atoms with E-state index in [2.05, 4.69) is 32.3 Å². The van der Waals surface area contributed by atoms with Gasteiger partial charge in [-0.05, 0) is 0 Å². The van der Waals surface area contributed by atoms with Crippen LogP contribution in [0.3, 0.4) is 0 Å². The van der Waals surface area contributed by atoms with Crippen LogP contribution < -0.4 is 4.90 Å². The molecule has 0 spiro atoms. The molecule has 2 rings (SSSR count). The van der Waals surface area contributed by atoms with Crippen LogP contribution in [0.15, 0.2) is 18.0 Å². The monoisotopic (exact) mass is 208 g/mol. The summed E-state index contributed by atoms with van der Waals surface area (Å²) in [6, 6.07) is 0. The molecule has 1 aromatic heterocycles. The summed E-state index contributed by atoms with van der Waals surface area (Å²) in [5, 5.41) is 2.06. The molecule has 1 aliphatic rings. The fourth-order valence-corrected chi connectivity index (χ4v) is 2.17. The fraction of sp³-hybridized carbons (Fsp3) is 0.500. The standard InChI is InChI=1S/C10H14N3S/c1-2-3-12-4-6-13(7-5-12)10-8-14-9-11-10/h2,8H,1,3-7H2. The van der Waals surface area contributed by atoms with Gasteiger partial charge in [-0.3, -0.25) is 4.90 Å². The van der Waals surface area contributed by atoms with E-state index in [0.717, 1.165) is 38.5 Å². The van der Waals surface area contributed by atoms with E-state index >= 15 is 0 Å². The second-order valence-electron chi connectivity index (χ2n) is 3.37. The molecule has 4 heteroatoms. The van der Waals surface area contributed by atoms with Gasteiger partial charge in [0.2, 0.25) is 0 Å². The molecular weight excluding hydrogens is 194 g/mol. The van der Waals surface area contributed by atoms with E-state index in [4.69, 9.17) is 0 Å². The largest absolute Gasteiger partial charge is 0.353 e. The predicted molar refractivity (Wildman–Crippen MR) is 59.8 cm³/mol. The predicted octanol–water partition coefficient (Wildman–Crippen LogP) is 1.25. The van der Waals surface area contributed by atoms with Crippen LogP contribution in [0.1, 0.15) is 0 Å². The summed E-state index contributed by atoms with van der Waals surface area (Å²) in [4.78, 5) is 8.91. The highest BCUT2D eigenvalue weighted by molar-refractivity contribution is 7.07. The lowest BCUT2D eigenvalue weighted by atomic mass is 10.3. The van der Waals surface area contributed by atoms with Crippen LogP contribution in [-0.4, -0.2) is 42.6 Å². The summed E-state index contributed by atoms with van der Waals surface area (Å²) < 4.78 is 0. The van der Waals surface area contributed by atoms with Gasteiger partial charge in [0.05, 0.1) is 0 Å². The number of nitrogens with zero attached hydrogens (tertiary/aromatic N) is 3. The van der Waals surface area contributed by atoms with Crippen molar-refractivity contribution in [3.8, 4) is 0 Å². The molecule has 0 aliphatic carbocycles. The van der Waals surface area contributed by atoms with Gasteiger partial charge in [-0.15, -0.1) is 17.9 Å². The van der Waals surface area contributed by atoms with E-state index in [9.17, 15) is 0 Å². The molecule has 3 nitrogen and oxygen atoms in total. The summed E-state index contributed by atoms with van der Waals surface area (Å²) in [6.07, 6.45) is 1.96. The van der Waals surface area contributed by atoms with Crippen LogP contribution in [-0.2, 0) is 0 Å². The molecule has 75 valence electrons. The van der Waals surface area contributed by atoms with E-state index < -0.39 is 0 Å². The normalized spacial score (nSPS) is 18.4. The molecule has 1 aliphatic heterocycles. The molecule has 1 saturated heterocycles. The van der Waals surface area contributed by atoms with E-state index in [1.165, 1.54) is 11.3 Å². The van der Waals surface area contributed by atoms with Crippen molar-refractivity contribution in [3.63, 3.8) is 0 Å². The molecule has 1 radical (unpaired) electrons. The average Bonchev–Trinajstić information content (AvgIpc) is 2.72. The number of anilines is 1. The minimum absolute atomic E-state index is 0.997. The van der Waals surface area contributed by atoms with E-state index in [1.54, 1.807) is 0 Å². The lowest BCUT2D eigenvalue weighted by Gasteiger charge is -2.34. The Kier molecular flexibility index (Phi) is 3.16. The van der Waals surface area contributed by atoms with Gasteiger partial charge in [0.25, 0.3) is 0 Å². The number of hydrogen-bond acceptors (Lipinski definition) is 4. The summed E-state index contributed by atoms with van der Waals surface area (Å²) in [7, 11) is 0. The van der Waals surface area contributed by atoms with Crippen molar-refractivity contribution >= 4 is 17.2 Å². The van der Waals surface area contributed by atoms with Gasteiger partial charge >= 0.3 is 0 Å². The molecule has 2 heterocycles. The molecule has 0 atom stereocenters. The van der Waals surface area contributed by atoms with Crippen molar-refractivity contribution in [2.45, 2.75) is 0 Å². The Morgan fingerprint density at radius 2 is 2.29 bits per heavy atom. The van der Waals surface area contributed by atoms with Gasteiger partial charge in [0.1, 0.15) is 5.82 Å². The smallest absolute Gasteiger partial charge is 0.154 e. The SMILES string of the molecule is C=CCN1CCN(c2cs[c]n2)CC1. The molecular formula is C10H14N3S. The van der Waals surface area contributed by atoms with Crippen LogP contribution in [0.4, 0.5) is 5.82 Å². The first-order valence-corrected chi connectivity index (χ1v) is 5.68. The number of hydrogen-bond donors (Lipinski definition) is 0. The van der Waals surface area contributed by atoms with Gasteiger partial charge in [0, 0.05) is 38.1 Å². The lowest BCUT2D eigenvalue weighted by Crippen LogP contribution is -2.46. The molecule has 0 unspecified atom stereocenters. The molecule has 1 aromatic rings. The maximum atomic E-state index is 4.19. The maximum Gasteiger partial charge on any atom is 0.154 e. The van der Waals surface area contributed by atoms with E-state index in [0.29, 0.717) is 0 Å². The quantitative estimate of drug-likeness (QED) is 0.697. The number of rotatable bonds is 3. The highest BCUT2D eigenvalue weighted by atomic mass is 32.1. The summed E-state index contributed by atoms with van der Waals surface area (Å²) in [6.45, 7) is 9.07. The first-order valence-electron chi connectivity index (χ1n) is 4.80. The highest BCUT2D eigenvalue weighted by Gasteiger charge is 2.16. The minimum atomic E-state index is 0.997. The van der Waals surface area contributed by atoms with Crippen LogP contribution >= 0.6 is 11.3 Å². The second kappa shape index (κ2) is 4.57. The molecule has 0 aromatic carbocycles. The molecule has 14 heavy (non-hydrogen) atoms. The van der Waals surface area contributed by atoms with Gasteiger partial charge in [-0.1, -0.05) is 6.08 Å². The van der Waals surface area contributed by atoms with Crippen molar-refractivity contribution in [2.24, 2.45) is 0 Å². The van der Waals surface area contributed by atoms with Crippen molar-refractivity contribution < 1.29 is 0 Å². The fourth-order valence-electron chi connectivity index (χ4n) is 1.67.